The van der Waals surface area contributed by atoms with Crippen LogP contribution in [-0.2, 0) is 11.3 Å². The first-order chi connectivity index (χ1) is 11.6. The molecule has 7 heteroatoms. The number of nitrogens with zero attached hydrogens (tertiary/aromatic N) is 2. The SMILES string of the molecule is Cc1nc(CNC(=O)CCCN2C(=O)c3ccccc3C2=O)co1. The van der Waals surface area contributed by atoms with Gasteiger partial charge in [0.25, 0.3) is 11.8 Å². The van der Waals surface area contributed by atoms with Crippen LogP contribution >= 0.6 is 0 Å². The first-order valence-corrected chi connectivity index (χ1v) is 7.69. The number of fused-ring (bicyclic) bond motifs is 1. The molecule has 1 aromatic heterocycles. The predicted octanol–water partition coefficient (Wildman–Crippen LogP) is 1.68. The van der Waals surface area contributed by atoms with Gasteiger partial charge in [-0.2, -0.15) is 0 Å². The highest BCUT2D eigenvalue weighted by atomic mass is 16.3. The standard InChI is InChI=1S/C17H17N3O4/c1-11-19-12(10-24-11)9-18-15(21)7-4-8-20-16(22)13-5-2-3-6-14(13)17(20)23/h2-3,5-6,10H,4,7-9H2,1H3,(H,18,21). The number of nitrogens with one attached hydrogen (secondary N) is 1. The maximum absolute atomic E-state index is 12.2. The third-order valence-electron chi connectivity index (χ3n) is 3.80. The predicted molar refractivity (Wildman–Crippen MR) is 84.1 cm³/mol. The van der Waals surface area contributed by atoms with Crippen LogP contribution in [-0.4, -0.2) is 34.2 Å². The molecule has 1 aliphatic heterocycles. The van der Waals surface area contributed by atoms with Gasteiger partial charge in [-0.25, -0.2) is 4.98 Å². The summed E-state index contributed by atoms with van der Waals surface area (Å²) in [5.74, 6) is -0.208. The topological polar surface area (TPSA) is 92.5 Å². The van der Waals surface area contributed by atoms with Crippen LogP contribution in [0.5, 0.6) is 0 Å². The van der Waals surface area contributed by atoms with Crippen molar-refractivity contribution in [1.29, 1.82) is 0 Å². The Labute approximate surface area is 138 Å². The van der Waals surface area contributed by atoms with Crippen molar-refractivity contribution in [2.75, 3.05) is 6.54 Å². The van der Waals surface area contributed by atoms with Gasteiger partial charge in [-0.05, 0) is 18.6 Å². The van der Waals surface area contributed by atoms with Crippen LogP contribution in [0.2, 0.25) is 0 Å². The molecule has 0 atom stereocenters. The van der Waals surface area contributed by atoms with Gasteiger partial charge in [0.1, 0.15) is 6.26 Å². The average Bonchev–Trinajstić information content (AvgIpc) is 3.10. The van der Waals surface area contributed by atoms with Crippen LogP contribution in [0.1, 0.15) is 45.1 Å². The third-order valence-corrected chi connectivity index (χ3v) is 3.80. The summed E-state index contributed by atoms with van der Waals surface area (Å²) in [5.41, 5.74) is 1.50. The molecule has 0 saturated heterocycles. The minimum Gasteiger partial charge on any atom is -0.449 e. The number of imide groups is 1. The van der Waals surface area contributed by atoms with E-state index in [0.717, 1.165) is 0 Å². The Morgan fingerprint density at radius 3 is 2.46 bits per heavy atom. The number of rotatable bonds is 6. The van der Waals surface area contributed by atoms with Crippen molar-refractivity contribution in [3.63, 3.8) is 0 Å². The van der Waals surface area contributed by atoms with Crippen molar-refractivity contribution in [2.24, 2.45) is 0 Å². The molecule has 0 fully saturated rings. The van der Waals surface area contributed by atoms with Crippen LogP contribution in [0.4, 0.5) is 0 Å². The number of benzene rings is 1. The lowest BCUT2D eigenvalue weighted by molar-refractivity contribution is -0.121. The van der Waals surface area contributed by atoms with Gasteiger partial charge in [0.15, 0.2) is 5.89 Å². The number of hydrogen-bond donors (Lipinski definition) is 1. The minimum atomic E-state index is -0.297. The summed E-state index contributed by atoms with van der Waals surface area (Å²) in [7, 11) is 0. The Kier molecular flexibility index (Phi) is 4.41. The Bertz CT molecular complexity index is 762. The number of aryl methyl sites for hydroxylation is 1. The summed E-state index contributed by atoms with van der Waals surface area (Å²) >= 11 is 0. The number of amides is 3. The largest absolute Gasteiger partial charge is 0.449 e. The second-order valence-corrected chi connectivity index (χ2v) is 5.55. The maximum Gasteiger partial charge on any atom is 0.261 e. The summed E-state index contributed by atoms with van der Waals surface area (Å²) in [6.45, 7) is 2.25. The summed E-state index contributed by atoms with van der Waals surface area (Å²) in [5, 5.41) is 2.73. The van der Waals surface area contributed by atoms with Crippen molar-refractivity contribution in [2.45, 2.75) is 26.3 Å². The molecule has 3 amide bonds. The van der Waals surface area contributed by atoms with Crippen molar-refractivity contribution >= 4 is 17.7 Å². The molecule has 24 heavy (non-hydrogen) atoms. The minimum absolute atomic E-state index is 0.160. The summed E-state index contributed by atoms with van der Waals surface area (Å²) < 4.78 is 5.06. The van der Waals surface area contributed by atoms with E-state index < -0.39 is 0 Å². The zero-order valence-corrected chi connectivity index (χ0v) is 13.2. The number of oxazole rings is 1. The lowest BCUT2D eigenvalue weighted by atomic mass is 10.1. The molecule has 1 aliphatic rings. The van der Waals surface area contributed by atoms with Crippen LogP contribution in [0, 0.1) is 6.92 Å². The Morgan fingerprint density at radius 2 is 1.88 bits per heavy atom. The van der Waals surface area contributed by atoms with Gasteiger partial charge < -0.3 is 9.73 Å². The molecule has 3 rings (SSSR count). The molecule has 1 aromatic carbocycles. The maximum atomic E-state index is 12.2. The van der Waals surface area contributed by atoms with Gasteiger partial charge in [-0.1, -0.05) is 12.1 Å². The van der Waals surface area contributed by atoms with Gasteiger partial charge in [-0.15, -0.1) is 0 Å². The summed E-state index contributed by atoms with van der Waals surface area (Å²) in [6, 6.07) is 6.74. The highest BCUT2D eigenvalue weighted by molar-refractivity contribution is 6.21. The van der Waals surface area contributed by atoms with E-state index in [0.29, 0.717) is 35.7 Å². The Morgan fingerprint density at radius 1 is 1.21 bits per heavy atom. The fraction of sp³-hybridized carbons (Fsp3) is 0.294. The molecular weight excluding hydrogens is 310 g/mol. The van der Waals surface area contributed by atoms with E-state index in [4.69, 9.17) is 4.42 Å². The van der Waals surface area contributed by atoms with E-state index in [1.54, 1.807) is 31.2 Å². The van der Waals surface area contributed by atoms with Crippen molar-refractivity contribution in [3.8, 4) is 0 Å². The number of aromatic nitrogens is 1. The van der Waals surface area contributed by atoms with Gasteiger partial charge in [-0.3, -0.25) is 19.3 Å². The number of hydrogen-bond acceptors (Lipinski definition) is 5. The van der Waals surface area contributed by atoms with E-state index in [1.165, 1.54) is 11.2 Å². The van der Waals surface area contributed by atoms with Crippen molar-refractivity contribution in [3.05, 3.63) is 53.2 Å². The van der Waals surface area contributed by atoms with Crippen LogP contribution in [0.25, 0.3) is 0 Å². The summed E-state index contributed by atoms with van der Waals surface area (Å²) in [6.07, 6.45) is 2.13. The lowest BCUT2D eigenvalue weighted by Crippen LogP contribution is -2.32. The molecule has 0 bridgehead atoms. The van der Waals surface area contributed by atoms with Crippen LogP contribution < -0.4 is 5.32 Å². The normalized spacial score (nSPS) is 13.3. The molecule has 0 spiro atoms. The molecule has 7 nitrogen and oxygen atoms in total. The quantitative estimate of drug-likeness (QED) is 0.815. The molecule has 2 heterocycles. The van der Waals surface area contributed by atoms with Gasteiger partial charge in [0.2, 0.25) is 5.91 Å². The monoisotopic (exact) mass is 327 g/mol. The first-order valence-electron chi connectivity index (χ1n) is 7.69. The second kappa shape index (κ2) is 6.66. The Balaban J connectivity index is 1.46. The molecule has 2 aromatic rings. The lowest BCUT2D eigenvalue weighted by Gasteiger charge is -2.13. The zero-order chi connectivity index (χ0) is 17.1. The van der Waals surface area contributed by atoms with Gasteiger partial charge in [0, 0.05) is 19.9 Å². The molecule has 0 aliphatic carbocycles. The van der Waals surface area contributed by atoms with E-state index in [-0.39, 0.29) is 30.7 Å². The molecule has 124 valence electrons. The van der Waals surface area contributed by atoms with Crippen molar-refractivity contribution < 1.29 is 18.8 Å². The molecule has 0 radical (unpaired) electrons. The fourth-order valence-corrected chi connectivity index (χ4v) is 2.61. The number of carbonyl (C=O) groups is 3. The zero-order valence-electron chi connectivity index (χ0n) is 13.2. The van der Waals surface area contributed by atoms with E-state index in [1.807, 2.05) is 0 Å². The molecular formula is C17H17N3O4. The van der Waals surface area contributed by atoms with Crippen molar-refractivity contribution in [1.82, 2.24) is 15.2 Å². The molecule has 0 saturated carbocycles. The third kappa shape index (κ3) is 3.19. The van der Waals surface area contributed by atoms with Crippen LogP contribution in [0.3, 0.4) is 0 Å². The Hall–Kier alpha value is -2.96. The van der Waals surface area contributed by atoms with E-state index in [9.17, 15) is 14.4 Å². The highest BCUT2D eigenvalue weighted by Crippen LogP contribution is 2.22. The number of carbonyl (C=O) groups excluding carboxylic acids is 3. The van der Waals surface area contributed by atoms with Crippen LogP contribution in [0.15, 0.2) is 34.9 Å². The summed E-state index contributed by atoms with van der Waals surface area (Å²) in [4.78, 5) is 41.5. The first kappa shape index (κ1) is 15.9. The molecule has 1 N–H and O–H groups in total. The van der Waals surface area contributed by atoms with Gasteiger partial charge in [0.05, 0.1) is 23.4 Å². The average molecular weight is 327 g/mol. The highest BCUT2D eigenvalue weighted by Gasteiger charge is 2.34. The second-order valence-electron chi connectivity index (χ2n) is 5.55. The van der Waals surface area contributed by atoms with E-state index in [2.05, 4.69) is 10.3 Å². The van der Waals surface area contributed by atoms with E-state index >= 15 is 0 Å². The van der Waals surface area contributed by atoms with Gasteiger partial charge >= 0.3 is 0 Å². The molecule has 0 unspecified atom stereocenters. The fourth-order valence-electron chi connectivity index (χ4n) is 2.61. The smallest absolute Gasteiger partial charge is 0.261 e.